The third kappa shape index (κ3) is 4.96. The minimum Gasteiger partial charge on any atom is -0.493 e. The highest BCUT2D eigenvalue weighted by molar-refractivity contribution is 5.96. The summed E-state index contributed by atoms with van der Waals surface area (Å²) in [6, 6.07) is 14.7. The van der Waals surface area contributed by atoms with Crippen molar-refractivity contribution in [2.24, 2.45) is 34.6 Å². The number of hydrogen-bond acceptors (Lipinski definition) is 6. The van der Waals surface area contributed by atoms with Gasteiger partial charge >= 0.3 is 0 Å². The molecule has 10 nitrogen and oxygen atoms in total. The number of aryl methyl sites for hydroxylation is 2. The van der Waals surface area contributed by atoms with E-state index in [1.165, 1.54) is 0 Å². The van der Waals surface area contributed by atoms with Crippen molar-refractivity contribution < 1.29 is 19.8 Å². The number of benzene rings is 2. The highest BCUT2D eigenvalue weighted by atomic mass is 16.3. The Morgan fingerprint density at radius 1 is 0.686 bits per heavy atom. The number of carbonyl (C=O) groups is 2. The van der Waals surface area contributed by atoms with Crippen LogP contribution in [0.2, 0.25) is 0 Å². The number of fused-ring (bicyclic) bond motifs is 2. The second-order valence-corrected chi connectivity index (χ2v) is 8.24. The van der Waals surface area contributed by atoms with Gasteiger partial charge in [-0.05, 0) is 25.0 Å². The number of rotatable bonds is 8. The monoisotopic (exact) mass is 474 g/mol. The van der Waals surface area contributed by atoms with Gasteiger partial charge < -0.3 is 19.3 Å². The first-order valence-electron chi connectivity index (χ1n) is 11.3. The van der Waals surface area contributed by atoms with E-state index in [0.29, 0.717) is 30.0 Å². The molecule has 2 aromatic carbocycles. The van der Waals surface area contributed by atoms with Gasteiger partial charge in [-0.3, -0.25) is 9.59 Å². The van der Waals surface area contributed by atoms with Crippen LogP contribution in [0.4, 0.5) is 11.4 Å². The number of hydrogen-bond donors (Lipinski definition) is 2. The maximum atomic E-state index is 12.1. The second kappa shape index (κ2) is 10.3. The Labute approximate surface area is 201 Å². The average molecular weight is 475 g/mol. The van der Waals surface area contributed by atoms with Crippen LogP contribution in [0.15, 0.2) is 69.0 Å². The van der Waals surface area contributed by atoms with Crippen LogP contribution in [-0.4, -0.2) is 31.2 Å². The molecule has 0 atom stereocenters. The first-order chi connectivity index (χ1) is 16.9. The lowest BCUT2D eigenvalue weighted by atomic mass is 10.1. The summed E-state index contributed by atoms with van der Waals surface area (Å²) >= 11 is 0. The van der Waals surface area contributed by atoms with Crippen molar-refractivity contribution in [3.05, 3.63) is 48.5 Å². The molecule has 10 heteroatoms. The van der Waals surface area contributed by atoms with Crippen molar-refractivity contribution >= 4 is 45.0 Å². The van der Waals surface area contributed by atoms with Crippen molar-refractivity contribution in [2.45, 2.75) is 32.1 Å². The van der Waals surface area contributed by atoms with E-state index in [1.54, 1.807) is 23.2 Å². The van der Waals surface area contributed by atoms with Gasteiger partial charge in [0.25, 0.3) is 11.8 Å². The number of aromatic nitrogens is 2. The minimum atomic E-state index is -0.394. The van der Waals surface area contributed by atoms with Crippen molar-refractivity contribution in [3.63, 3.8) is 0 Å². The molecule has 4 rings (SSSR count). The first kappa shape index (κ1) is 23.8. The molecule has 2 heterocycles. The van der Waals surface area contributed by atoms with Crippen LogP contribution in [0.1, 0.15) is 32.1 Å². The molecular formula is C25H26N6O4. The Hall–Kier alpha value is -4.34. The van der Waals surface area contributed by atoms with E-state index in [2.05, 4.69) is 20.5 Å². The number of unbranched alkanes of at least 4 members (excludes halogenated alkanes) is 2. The molecule has 0 saturated carbocycles. The molecule has 0 fully saturated rings. The largest absolute Gasteiger partial charge is 0.493 e. The lowest BCUT2D eigenvalue weighted by Crippen LogP contribution is -1.94. The fourth-order valence-electron chi connectivity index (χ4n) is 3.96. The lowest BCUT2D eigenvalue weighted by molar-refractivity contribution is -0.118. The molecule has 0 radical (unpaired) electrons. The van der Waals surface area contributed by atoms with E-state index in [4.69, 9.17) is 0 Å². The molecule has 4 aromatic rings. The number of para-hydroxylation sites is 2. The van der Waals surface area contributed by atoms with Crippen molar-refractivity contribution in [1.29, 1.82) is 0 Å². The zero-order chi connectivity index (χ0) is 24.9. The first-order valence-corrected chi connectivity index (χ1v) is 11.3. The third-order valence-corrected chi connectivity index (χ3v) is 5.90. The van der Waals surface area contributed by atoms with Crippen LogP contribution >= 0.6 is 0 Å². The Morgan fingerprint density at radius 3 is 1.51 bits per heavy atom. The van der Waals surface area contributed by atoms with Crippen molar-refractivity contribution in [2.75, 3.05) is 0 Å². The summed E-state index contributed by atoms with van der Waals surface area (Å²) in [6.45, 7) is 0. The van der Waals surface area contributed by atoms with Gasteiger partial charge in [-0.1, -0.05) is 42.8 Å². The predicted octanol–water partition coefficient (Wildman–Crippen LogP) is 5.95. The highest BCUT2D eigenvalue weighted by Crippen LogP contribution is 2.38. The number of aromatic hydroxyl groups is 2. The molecule has 0 aliphatic rings. The van der Waals surface area contributed by atoms with Gasteiger partial charge in [-0.2, -0.15) is 0 Å². The second-order valence-electron chi connectivity index (χ2n) is 8.24. The van der Waals surface area contributed by atoms with Crippen LogP contribution in [-0.2, 0) is 23.7 Å². The minimum absolute atomic E-state index is 0.0488. The van der Waals surface area contributed by atoms with E-state index in [9.17, 15) is 19.8 Å². The number of azo groups is 2. The molecule has 0 saturated heterocycles. The molecule has 0 aliphatic carbocycles. The zero-order valence-electron chi connectivity index (χ0n) is 19.5. The normalized spacial score (nSPS) is 11.9. The van der Waals surface area contributed by atoms with Crippen LogP contribution in [0, 0.1) is 0 Å². The standard InChI is InChI=1S/C25H26N6O4/c1-30-18-12-8-6-10-16(18)22(24(30)34)28-26-20(32)14-4-3-5-15-21(33)27-29-23-17-11-7-9-13-19(17)31(2)25(23)35/h6-13,34-35H,3-5,14-15H2,1-2H3. The summed E-state index contributed by atoms with van der Waals surface area (Å²) in [5.41, 5.74) is 2.13. The van der Waals surface area contributed by atoms with Crippen LogP contribution in [0.3, 0.4) is 0 Å². The summed E-state index contributed by atoms with van der Waals surface area (Å²) in [5, 5.41) is 37.3. The van der Waals surface area contributed by atoms with E-state index >= 15 is 0 Å². The number of amides is 2. The smallest absolute Gasteiger partial charge is 0.264 e. The van der Waals surface area contributed by atoms with Crippen molar-refractivity contribution in [1.82, 2.24) is 9.13 Å². The number of carbonyl (C=O) groups excluding carboxylic acids is 2. The molecule has 35 heavy (non-hydrogen) atoms. The highest BCUT2D eigenvalue weighted by Gasteiger charge is 2.15. The quantitative estimate of drug-likeness (QED) is 0.241. The molecular weight excluding hydrogens is 448 g/mol. The molecule has 0 spiro atoms. The van der Waals surface area contributed by atoms with Crippen LogP contribution in [0.5, 0.6) is 11.8 Å². The summed E-state index contributed by atoms with van der Waals surface area (Å²) < 4.78 is 3.17. The fourth-order valence-corrected chi connectivity index (χ4v) is 3.96. The van der Waals surface area contributed by atoms with E-state index < -0.39 is 11.8 Å². The molecule has 0 unspecified atom stereocenters. The van der Waals surface area contributed by atoms with Gasteiger partial charge in [-0.25, -0.2) is 0 Å². The molecule has 180 valence electrons. The Bertz CT molecular complexity index is 1350. The van der Waals surface area contributed by atoms with Gasteiger partial charge in [0.2, 0.25) is 11.8 Å². The maximum absolute atomic E-state index is 12.1. The Kier molecular flexibility index (Phi) is 7.00. The number of nitrogens with zero attached hydrogens (tertiary/aromatic N) is 6. The van der Waals surface area contributed by atoms with Gasteiger partial charge in [-0.15, -0.1) is 20.5 Å². The predicted molar refractivity (Wildman–Crippen MR) is 131 cm³/mol. The summed E-state index contributed by atoms with van der Waals surface area (Å²) in [7, 11) is 3.42. The van der Waals surface area contributed by atoms with E-state index in [0.717, 1.165) is 11.0 Å². The molecule has 2 aromatic heterocycles. The maximum Gasteiger partial charge on any atom is 0.264 e. The summed E-state index contributed by atoms with van der Waals surface area (Å²) in [4.78, 5) is 24.2. The van der Waals surface area contributed by atoms with Crippen LogP contribution in [0.25, 0.3) is 21.8 Å². The Morgan fingerprint density at radius 2 is 1.09 bits per heavy atom. The van der Waals surface area contributed by atoms with Crippen molar-refractivity contribution in [3.8, 4) is 11.8 Å². The van der Waals surface area contributed by atoms with E-state index in [-0.39, 0.29) is 36.0 Å². The Balaban J connectivity index is 1.24. The van der Waals surface area contributed by atoms with E-state index in [1.807, 2.05) is 48.5 Å². The average Bonchev–Trinajstić information content (AvgIpc) is 3.26. The summed E-state index contributed by atoms with van der Waals surface area (Å²) in [6.07, 6.45) is 2.12. The third-order valence-electron chi connectivity index (χ3n) is 5.90. The SMILES string of the molecule is Cn1c(O)c(N=NC(=O)CCCCCC(=O)N=Nc2c(O)n(C)c3ccccc23)c2ccccc21. The molecule has 2 amide bonds. The van der Waals surface area contributed by atoms with Gasteiger partial charge in [0, 0.05) is 37.7 Å². The molecule has 0 aliphatic heterocycles. The van der Waals surface area contributed by atoms with Gasteiger partial charge in [0.1, 0.15) is 0 Å². The lowest BCUT2D eigenvalue weighted by Gasteiger charge is -1.97. The molecule has 0 bridgehead atoms. The van der Waals surface area contributed by atoms with Gasteiger partial charge in [0.05, 0.1) is 11.0 Å². The fraction of sp³-hybridized carbons (Fsp3) is 0.280. The summed E-state index contributed by atoms with van der Waals surface area (Å²) in [5.74, 6) is -0.885. The topological polar surface area (TPSA) is 134 Å². The van der Waals surface area contributed by atoms with Crippen LogP contribution < -0.4 is 0 Å². The zero-order valence-corrected chi connectivity index (χ0v) is 19.5. The molecule has 2 N–H and O–H groups in total. The van der Waals surface area contributed by atoms with Gasteiger partial charge in [0.15, 0.2) is 11.4 Å².